The molecule has 1 aliphatic carbocycles. The van der Waals surface area contributed by atoms with E-state index in [2.05, 4.69) is 15.3 Å². The molecule has 1 N–H and O–H groups in total. The Morgan fingerprint density at radius 2 is 1.84 bits per heavy atom. The molecule has 2 aromatic rings. The number of likely N-dealkylation sites (tertiary alicyclic amines) is 1. The summed E-state index contributed by atoms with van der Waals surface area (Å²) in [7, 11) is 0. The molecule has 1 amide bonds. The fraction of sp³-hybridized carbons (Fsp3) is 0.583. The molecule has 2 heterocycles. The Bertz CT molecular complexity index is 898. The number of ether oxygens (including phenoxy) is 1. The molecule has 5 atom stereocenters. The average Bonchev–Trinajstić information content (AvgIpc) is 3.36. The molecule has 1 saturated carbocycles. The molecule has 32 heavy (non-hydrogen) atoms. The van der Waals surface area contributed by atoms with Gasteiger partial charge in [-0.05, 0) is 63.3 Å². The Morgan fingerprint density at radius 3 is 2.50 bits per heavy atom. The molecule has 6 nitrogen and oxygen atoms in total. The van der Waals surface area contributed by atoms with Crippen LogP contribution in [0.3, 0.4) is 0 Å². The zero-order valence-electron chi connectivity index (χ0n) is 18.9. The smallest absolute Gasteiger partial charge is 0.407 e. The number of carbonyl (C=O) groups excluding carboxylic acids is 1. The van der Waals surface area contributed by atoms with Gasteiger partial charge >= 0.3 is 6.09 Å². The summed E-state index contributed by atoms with van der Waals surface area (Å²) in [6.45, 7) is 6.30. The van der Waals surface area contributed by atoms with Crippen molar-refractivity contribution in [3.63, 3.8) is 0 Å². The van der Waals surface area contributed by atoms with Crippen LogP contribution in [0.25, 0.3) is 0 Å². The van der Waals surface area contributed by atoms with Gasteiger partial charge in [0.1, 0.15) is 17.6 Å². The molecule has 1 aliphatic heterocycles. The first kappa shape index (κ1) is 22.7. The minimum absolute atomic E-state index is 0.0615. The Balaban J connectivity index is 1.51. The molecule has 8 heteroatoms. The quantitative estimate of drug-likeness (QED) is 0.754. The third-order valence-electron chi connectivity index (χ3n) is 6.32. The van der Waals surface area contributed by atoms with Gasteiger partial charge in [0.15, 0.2) is 0 Å². The molecule has 2 aliphatic rings. The van der Waals surface area contributed by atoms with Crippen molar-refractivity contribution in [1.82, 2.24) is 20.0 Å². The highest BCUT2D eigenvalue weighted by Crippen LogP contribution is 2.44. The van der Waals surface area contributed by atoms with E-state index in [9.17, 15) is 13.6 Å². The predicted octanol–water partition coefficient (Wildman–Crippen LogP) is 4.45. The number of halogens is 2. The van der Waals surface area contributed by atoms with E-state index >= 15 is 0 Å². The Hall–Kier alpha value is -2.48. The lowest BCUT2D eigenvalue weighted by molar-refractivity contribution is 0.0341. The SMILES string of the molecule is CC(C)(C)OC(=O)N[C@@H]1C[C@H](F)CN([C@H]2C[C@@H](c3ccc(F)cc3)C[C@@H]2n2cccn2)C1. The molecule has 1 aromatic heterocycles. The minimum Gasteiger partial charge on any atom is -0.444 e. The van der Waals surface area contributed by atoms with Gasteiger partial charge in [-0.3, -0.25) is 9.58 Å². The first-order valence-corrected chi connectivity index (χ1v) is 11.3. The fourth-order valence-electron chi connectivity index (χ4n) is 5.07. The number of rotatable bonds is 4. The Morgan fingerprint density at radius 1 is 1.12 bits per heavy atom. The number of hydrogen-bond acceptors (Lipinski definition) is 4. The summed E-state index contributed by atoms with van der Waals surface area (Å²) in [6, 6.07) is 8.36. The summed E-state index contributed by atoms with van der Waals surface area (Å²) in [6.07, 6.45) is 4.08. The van der Waals surface area contributed by atoms with Crippen molar-refractivity contribution in [1.29, 1.82) is 0 Å². The number of alkyl carbamates (subject to hydrolysis) is 1. The monoisotopic (exact) mass is 446 g/mol. The van der Waals surface area contributed by atoms with Gasteiger partial charge in [-0.25, -0.2) is 13.6 Å². The number of benzene rings is 1. The highest BCUT2D eigenvalue weighted by molar-refractivity contribution is 5.68. The van der Waals surface area contributed by atoms with Crippen LogP contribution in [0.15, 0.2) is 42.7 Å². The number of nitrogens with zero attached hydrogens (tertiary/aromatic N) is 3. The first-order valence-electron chi connectivity index (χ1n) is 11.3. The highest BCUT2D eigenvalue weighted by atomic mass is 19.1. The Labute approximate surface area is 187 Å². The van der Waals surface area contributed by atoms with E-state index in [1.54, 1.807) is 27.0 Å². The van der Waals surface area contributed by atoms with Gasteiger partial charge in [0, 0.05) is 44.0 Å². The van der Waals surface area contributed by atoms with Gasteiger partial charge in [0.2, 0.25) is 0 Å². The zero-order valence-corrected chi connectivity index (χ0v) is 18.9. The van der Waals surface area contributed by atoms with E-state index in [0.29, 0.717) is 13.1 Å². The van der Waals surface area contributed by atoms with Crippen LogP contribution < -0.4 is 5.32 Å². The van der Waals surface area contributed by atoms with Gasteiger partial charge in [0.25, 0.3) is 0 Å². The summed E-state index contributed by atoms with van der Waals surface area (Å²) >= 11 is 0. The lowest BCUT2D eigenvalue weighted by Crippen LogP contribution is -2.55. The van der Waals surface area contributed by atoms with Crippen molar-refractivity contribution in [3.05, 3.63) is 54.1 Å². The molecule has 0 bridgehead atoms. The number of aromatic nitrogens is 2. The van der Waals surface area contributed by atoms with Crippen molar-refractivity contribution in [2.24, 2.45) is 0 Å². The maximum absolute atomic E-state index is 14.8. The van der Waals surface area contributed by atoms with Crippen LogP contribution in [-0.2, 0) is 4.74 Å². The van der Waals surface area contributed by atoms with E-state index in [1.807, 2.05) is 29.1 Å². The van der Waals surface area contributed by atoms with E-state index in [0.717, 1.165) is 18.4 Å². The molecule has 174 valence electrons. The number of hydrogen-bond donors (Lipinski definition) is 1. The number of nitrogens with one attached hydrogen (secondary N) is 1. The molecular weight excluding hydrogens is 414 g/mol. The van der Waals surface area contributed by atoms with Gasteiger partial charge in [-0.1, -0.05) is 12.1 Å². The normalized spacial score (nSPS) is 29.1. The van der Waals surface area contributed by atoms with Gasteiger partial charge < -0.3 is 10.1 Å². The lowest BCUT2D eigenvalue weighted by atomic mass is 9.96. The summed E-state index contributed by atoms with van der Waals surface area (Å²) < 4.78 is 35.5. The summed E-state index contributed by atoms with van der Waals surface area (Å²) in [5, 5.41) is 7.31. The second-order valence-electron chi connectivity index (χ2n) is 9.97. The molecule has 0 unspecified atom stereocenters. The third kappa shape index (κ3) is 5.46. The summed E-state index contributed by atoms with van der Waals surface area (Å²) in [4.78, 5) is 14.4. The fourth-order valence-corrected chi connectivity index (χ4v) is 5.07. The summed E-state index contributed by atoms with van der Waals surface area (Å²) in [5.74, 6) is -0.0219. The summed E-state index contributed by atoms with van der Waals surface area (Å²) in [5.41, 5.74) is 0.482. The van der Waals surface area contributed by atoms with Crippen LogP contribution in [0.5, 0.6) is 0 Å². The van der Waals surface area contributed by atoms with Gasteiger partial charge in [0.05, 0.1) is 6.04 Å². The van der Waals surface area contributed by atoms with Crippen molar-refractivity contribution >= 4 is 6.09 Å². The largest absolute Gasteiger partial charge is 0.444 e. The van der Waals surface area contributed by atoms with Crippen LogP contribution in [0.4, 0.5) is 13.6 Å². The predicted molar refractivity (Wildman–Crippen MR) is 118 cm³/mol. The zero-order chi connectivity index (χ0) is 22.9. The molecule has 4 rings (SSSR count). The van der Waals surface area contributed by atoms with Crippen molar-refractivity contribution in [2.75, 3.05) is 13.1 Å². The van der Waals surface area contributed by atoms with Crippen molar-refractivity contribution in [3.8, 4) is 0 Å². The van der Waals surface area contributed by atoms with Crippen LogP contribution in [0, 0.1) is 5.82 Å². The van der Waals surface area contributed by atoms with Crippen LogP contribution >= 0.6 is 0 Å². The van der Waals surface area contributed by atoms with E-state index in [-0.39, 0.29) is 36.3 Å². The topological polar surface area (TPSA) is 59.4 Å². The van der Waals surface area contributed by atoms with Crippen molar-refractivity contribution in [2.45, 2.75) is 75.8 Å². The number of carbonyl (C=O) groups is 1. The van der Waals surface area contributed by atoms with E-state index in [4.69, 9.17) is 4.74 Å². The average molecular weight is 447 g/mol. The molecular formula is C24H32F2N4O2. The highest BCUT2D eigenvalue weighted by Gasteiger charge is 2.43. The van der Waals surface area contributed by atoms with Crippen LogP contribution in [-0.4, -0.2) is 57.7 Å². The molecule has 2 fully saturated rings. The second kappa shape index (κ2) is 9.17. The maximum atomic E-state index is 14.8. The standard InChI is InChI=1S/C24H32F2N4O2/c1-24(2,3)32-23(31)28-20-13-19(26)14-29(15-20)21-11-17(16-5-7-18(25)8-6-16)12-22(21)30-10-4-9-27-30/h4-10,17,19-22H,11-15H2,1-3H3,(H,28,31)/t17-,19+,20-,21+,22+/m1/s1. The first-order chi connectivity index (χ1) is 15.2. The second-order valence-corrected chi connectivity index (χ2v) is 9.97. The molecule has 1 aromatic carbocycles. The maximum Gasteiger partial charge on any atom is 0.407 e. The molecule has 0 spiro atoms. The number of piperidine rings is 1. The third-order valence-corrected chi connectivity index (χ3v) is 6.32. The Kier molecular flexibility index (Phi) is 6.51. The van der Waals surface area contributed by atoms with Gasteiger partial charge in [-0.15, -0.1) is 0 Å². The van der Waals surface area contributed by atoms with Gasteiger partial charge in [-0.2, -0.15) is 5.10 Å². The molecule has 1 saturated heterocycles. The minimum atomic E-state index is -1.04. The molecule has 0 radical (unpaired) electrons. The van der Waals surface area contributed by atoms with Crippen LogP contribution in [0.1, 0.15) is 57.6 Å². The van der Waals surface area contributed by atoms with E-state index < -0.39 is 17.9 Å². The van der Waals surface area contributed by atoms with E-state index in [1.165, 1.54) is 12.1 Å². The van der Waals surface area contributed by atoms with Crippen LogP contribution in [0.2, 0.25) is 0 Å². The lowest BCUT2D eigenvalue weighted by Gasteiger charge is -2.40. The number of amides is 1. The number of alkyl halides is 1. The van der Waals surface area contributed by atoms with Crippen molar-refractivity contribution < 1.29 is 18.3 Å².